The molecule has 2 heterocycles. The van der Waals surface area contributed by atoms with Crippen LogP contribution in [0.1, 0.15) is 47.6 Å². The number of rotatable bonds is 6. The number of urea groups is 1. The van der Waals surface area contributed by atoms with Crippen LogP contribution in [-0.4, -0.2) is 40.5 Å². The maximum absolute atomic E-state index is 12.5. The van der Waals surface area contributed by atoms with E-state index in [1.54, 1.807) is 25.1 Å². The number of nitrogens with zero attached hydrogens (tertiary/aromatic N) is 2. The van der Waals surface area contributed by atoms with Gasteiger partial charge in [0.2, 0.25) is 0 Å². The average molecular weight is 395 g/mol. The van der Waals surface area contributed by atoms with Gasteiger partial charge in [0, 0.05) is 23.6 Å². The lowest BCUT2D eigenvalue weighted by Crippen LogP contribution is -2.31. The predicted molar refractivity (Wildman–Crippen MR) is 110 cm³/mol. The Morgan fingerprint density at radius 1 is 1.14 bits per heavy atom. The minimum Gasteiger partial charge on any atom is -0.462 e. The number of imide groups is 1. The van der Waals surface area contributed by atoms with Gasteiger partial charge < -0.3 is 14.6 Å². The lowest BCUT2D eigenvalue weighted by Gasteiger charge is -2.10. The van der Waals surface area contributed by atoms with Crippen molar-refractivity contribution < 1.29 is 19.1 Å². The number of benzene rings is 1. The van der Waals surface area contributed by atoms with E-state index in [4.69, 9.17) is 4.74 Å². The number of hydrogen-bond acceptors (Lipinski definition) is 4. The van der Waals surface area contributed by atoms with Crippen LogP contribution in [0.5, 0.6) is 0 Å². The van der Waals surface area contributed by atoms with Crippen LogP contribution in [-0.2, 0) is 9.53 Å². The molecule has 1 fully saturated rings. The molecule has 1 aromatic heterocycles. The first-order valence-corrected chi connectivity index (χ1v) is 9.68. The molecule has 0 atom stereocenters. The molecule has 0 bridgehead atoms. The molecule has 1 aromatic carbocycles. The fraction of sp³-hybridized carbons (Fsp3) is 0.318. The zero-order valence-electron chi connectivity index (χ0n) is 17.1. The first-order valence-electron chi connectivity index (χ1n) is 9.68. The van der Waals surface area contributed by atoms with E-state index in [9.17, 15) is 14.4 Å². The van der Waals surface area contributed by atoms with E-state index < -0.39 is 0 Å². The molecule has 0 unspecified atom stereocenters. The summed E-state index contributed by atoms with van der Waals surface area (Å²) in [6, 6.07) is 8.75. The lowest BCUT2D eigenvalue weighted by molar-refractivity contribution is -0.122. The van der Waals surface area contributed by atoms with Gasteiger partial charge in [-0.1, -0.05) is 6.92 Å². The minimum atomic E-state index is -0.383. The second-order valence-electron chi connectivity index (χ2n) is 6.87. The molecule has 1 N–H and O–H groups in total. The van der Waals surface area contributed by atoms with E-state index in [-0.39, 0.29) is 23.6 Å². The van der Waals surface area contributed by atoms with Crippen LogP contribution in [0.4, 0.5) is 4.79 Å². The highest BCUT2D eigenvalue weighted by atomic mass is 16.5. The van der Waals surface area contributed by atoms with Crippen molar-refractivity contribution in [1.29, 1.82) is 0 Å². The van der Waals surface area contributed by atoms with Crippen LogP contribution in [0, 0.1) is 13.8 Å². The van der Waals surface area contributed by atoms with Crippen molar-refractivity contribution in [3.05, 3.63) is 58.5 Å². The van der Waals surface area contributed by atoms with Crippen LogP contribution in [0.25, 0.3) is 11.8 Å². The van der Waals surface area contributed by atoms with Gasteiger partial charge in [-0.2, -0.15) is 0 Å². The van der Waals surface area contributed by atoms with Crippen molar-refractivity contribution in [2.24, 2.45) is 0 Å². The van der Waals surface area contributed by atoms with Crippen molar-refractivity contribution in [3.8, 4) is 5.69 Å². The Morgan fingerprint density at radius 3 is 2.45 bits per heavy atom. The molecule has 0 aliphatic carbocycles. The molecule has 1 saturated heterocycles. The Labute approximate surface area is 169 Å². The van der Waals surface area contributed by atoms with Gasteiger partial charge in [-0.05, 0) is 69.2 Å². The van der Waals surface area contributed by atoms with E-state index in [0.717, 1.165) is 22.6 Å². The zero-order chi connectivity index (χ0) is 21.1. The molecular formula is C22H25N3O4. The van der Waals surface area contributed by atoms with Crippen molar-refractivity contribution in [1.82, 2.24) is 14.8 Å². The van der Waals surface area contributed by atoms with Crippen LogP contribution < -0.4 is 5.32 Å². The van der Waals surface area contributed by atoms with E-state index in [2.05, 4.69) is 5.32 Å². The normalized spacial score (nSPS) is 15.2. The number of hydrogen-bond donors (Lipinski definition) is 1. The third-order valence-corrected chi connectivity index (χ3v) is 4.82. The summed E-state index contributed by atoms with van der Waals surface area (Å²) in [6.45, 7) is 8.33. The van der Waals surface area contributed by atoms with Crippen LogP contribution >= 0.6 is 0 Å². The standard InChI is InChI=1S/C22H25N3O4/c1-5-11-24-20(26)19(23-22(24)28)13-17-12-14(3)25(15(17)4)18-9-7-16(8-10-18)21(27)29-6-2/h7-10,12-13H,5-6,11H2,1-4H3,(H,23,28)/b19-13+. The van der Waals surface area contributed by atoms with E-state index in [1.165, 1.54) is 4.90 Å². The SMILES string of the molecule is CCCN1C(=O)N/C(=C/c2cc(C)n(-c3ccc(C(=O)OCC)cc3)c2C)C1=O. The first kappa shape index (κ1) is 20.4. The van der Waals surface area contributed by atoms with Gasteiger partial charge in [0.25, 0.3) is 5.91 Å². The van der Waals surface area contributed by atoms with Crippen molar-refractivity contribution in [3.63, 3.8) is 0 Å². The quantitative estimate of drug-likeness (QED) is 0.461. The molecule has 1 aliphatic rings. The van der Waals surface area contributed by atoms with Gasteiger partial charge in [0.15, 0.2) is 0 Å². The highest BCUT2D eigenvalue weighted by molar-refractivity contribution is 6.14. The molecule has 2 aromatic rings. The third kappa shape index (κ3) is 3.94. The predicted octanol–water partition coefficient (Wildman–Crippen LogP) is 3.57. The van der Waals surface area contributed by atoms with Crippen LogP contribution in [0.15, 0.2) is 36.0 Å². The number of amides is 3. The minimum absolute atomic E-state index is 0.279. The highest BCUT2D eigenvalue weighted by Crippen LogP contribution is 2.24. The largest absolute Gasteiger partial charge is 0.462 e. The Bertz CT molecular complexity index is 986. The van der Waals surface area contributed by atoms with Crippen LogP contribution in [0.2, 0.25) is 0 Å². The number of nitrogens with one attached hydrogen (secondary N) is 1. The molecule has 0 spiro atoms. The van der Waals surface area contributed by atoms with Gasteiger partial charge in [-0.3, -0.25) is 9.69 Å². The number of aromatic nitrogens is 1. The molecule has 7 nitrogen and oxygen atoms in total. The lowest BCUT2D eigenvalue weighted by atomic mass is 10.2. The Balaban J connectivity index is 1.91. The number of aryl methyl sites for hydroxylation is 1. The average Bonchev–Trinajstić information content (AvgIpc) is 3.12. The number of carbonyl (C=O) groups excluding carboxylic acids is 3. The summed E-state index contributed by atoms with van der Waals surface area (Å²) in [6.07, 6.45) is 2.42. The van der Waals surface area contributed by atoms with Crippen molar-refractivity contribution in [2.75, 3.05) is 13.2 Å². The topological polar surface area (TPSA) is 80.6 Å². The molecule has 3 amide bonds. The monoisotopic (exact) mass is 395 g/mol. The number of ether oxygens (including phenoxy) is 1. The highest BCUT2D eigenvalue weighted by Gasteiger charge is 2.32. The van der Waals surface area contributed by atoms with E-state index in [0.29, 0.717) is 25.1 Å². The smallest absolute Gasteiger partial charge is 0.338 e. The molecular weight excluding hydrogens is 370 g/mol. The molecule has 152 valence electrons. The maximum Gasteiger partial charge on any atom is 0.338 e. The van der Waals surface area contributed by atoms with Gasteiger partial charge in [0.05, 0.1) is 12.2 Å². The van der Waals surface area contributed by atoms with E-state index in [1.807, 2.05) is 43.5 Å². The van der Waals surface area contributed by atoms with Crippen molar-refractivity contribution >= 4 is 24.0 Å². The summed E-state index contributed by atoms with van der Waals surface area (Å²) in [4.78, 5) is 37.5. The molecule has 0 saturated carbocycles. The van der Waals surface area contributed by atoms with Gasteiger partial charge in [-0.25, -0.2) is 9.59 Å². The first-order chi connectivity index (χ1) is 13.9. The summed E-state index contributed by atoms with van der Waals surface area (Å²) in [5.41, 5.74) is 4.42. The number of esters is 1. The molecule has 7 heteroatoms. The summed E-state index contributed by atoms with van der Waals surface area (Å²) in [5, 5.41) is 2.65. The Morgan fingerprint density at radius 2 is 1.83 bits per heavy atom. The van der Waals surface area contributed by atoms with Gasteiger partial charge in [-0.15, -0.1) is 0 Å². The third-order valence-electron chi connectivity index (χ3n) is 4.82. The fourth-order valence-corrected chi connectivity index (χ4v) is 3.45. The maximum atomic E-state index is 12.5. The molecule has 29 heavy (non-hydrogen) atoms. The van der Waals surface area contributed by atoms with Crippen molar-refractivity contribution in [2.45, 2.75) is 34.1 Å². The second-order valence-corrected chi connectivity index (χ2v) is 6.87. The van der Waals surface area contributed by atoms with Crippen LogP contribution in [0.3, 0.4) is 0 Å². The fourth-order valence-electron chi connectivity index (χ4n) is 3.45. The summed E-state index contributed by atoms with van der Waals surface area (Å²) in [5.74, 6) is -0.655. The molecule has 3 rings (SSSR count). The summed E-state index contributed by atoms with van der Waals surface area (Å²) >= 11 is 0. The zero-order valence-corrected chi connectivity index (χ0v) is 17.1. The Kier molecular flexibility index (Phi) is 5.87. The van der Waals surface area contributed by atoms with Gasteiger partial charge in [0.1, 0.15) is 5.70 Å². The van der Waals surface area contributed by atoms with E-state index >= 15 is 0 Å². The van der Waals surface area contributed by atoms with Gasteiger partial charge >= 0.3 is 12.0 Å². The summed E-state index contributed by atoms with van der Waals surface area (Å²) in [7, 11) is 0. The number of carbonyl (C=O) groups is 3. The summed E-state index contributed by atoms with van der Waals surface area (Å²) < 4.78 is 7.05. The molecule has 0 radical (unpaired) electrons. The second kappa shape index (κ2) is 8.34. The Hall–Kier alpha value is -3.35. The molecule has 1 aliphatic heterocycles.